The number of aromatic nitrogens is 2. The highest BCUT2D eigenvalue weighted by molar-refractivity contribution is 5.75. The van der Waals surface area contributed by atoms with Crippen molar-refractivity contribution in [2.75, 3.05) is 0 Å². The Labute approximate surface area is 143 Å². The molecular formula is C18H28N4O2. The van der Waals surface area contributed by atoms with E-state index in [0.29, 0.717) is 29.8 Å². The lowest BCUT2D eigenvalue weighted by molar-refractivity contribution is 0.162. The van der Waals surface area contributed by atoms with Gasteiger partial charge in [-0.2, -0.15) is 4.98 Å². The van der Waals surface area contributed by atoms with Gasteiger partial charge in [0.15, 0.2) is 5.82 Å². The number of hydrogen-bond donors (Lipinski definition) is 1. The van der Waals surface area contributed by atoms with Crippen LogP contribution >= 0.6 is 0 Å². The number of nitrogens with one attached hydrogen (secondary N) is 1. The normalized spacial score (nSPS) is 23.9. The van der Waals surface area contributed by atoms with Crippen LogP contribution in [0.1, 0.15) is 88.9 Å². The number of hydrogen-bond acceptors (Lipinski definition) is 4. The maximum atomic E-state index is 12.8. The van der Waals surface area contributed by atoms with E-state index in [2.05, 4.69) is 27.3 Å². The number of amides is 2. The smallest absolute Gasteiger partial charge is 0.318 e. The zero-order chi connectivity index (χ0) is 16.7. The lowest BCUT2D eigenvalue weighted by Crippen LogP contribution is -2.47. The first-order valence-corrected chi connectivity index (χ1v) is 9.56. The summed E-state index contributed by atoms with van der Waals surface area (Å²) in [7, 11) is 0. The van der Waals surface area contributed by atoms with Crippen LogP contribution in [0.15, 0.2) is 4.52 Å². The van der Waals surface area contributed by atoms with Crippen LogP contribution in [0.5, 0.6) is 0 Å². The summed E-state index contributed by atoms with van der Waals surface area (Å²) in [5.41, 5.74) is 0. The van der Waals surface area contributed by atoms with Gasteiger partial charge in [-0.15, -0.1) is 0 Å². The van der Waals surface area contributed by atoms with Crippen LogP contribution in [0.25, 0.3) is 0 Å². The van der Waals surface area contributed by atoms with E-state index in [1.807, 2.05) is 6.92 Å². The van der Waals surface area contributed by atoms with Gasteiger partial charge < -0.3 is 14.7 Å². The number of carbonyl (C=O) groups excluding carboxylic acids is 1. The molecule has 1 N–H and O–H groups in total. The molecule has 3 saturated carbocycles. The number of urea groups is 1. The largest absolute Gasteiger partial charge is 0.337 e. The van der Waals surface area contributed by atoms with E-state index in [4.69, 9.17) is 4.52 Å². The fourth-order valence-corrected chi connectivity index (χ4v) is 3.94. The van der Waals surface area contributed by atoms with Crippen LogP contribution in [-0.2, 0) is 0 Å². The monoisotopic (exact) mass is 332 g/mol. The summed E-state index contributed by atoms with van der Waals surface area (Å²) in [6, 6.07) is 0.531. The van der Waals surface area contributed by atoms with E-state index in [-0.39, 0.29) is 12.1 Å². The molecule has 6 heteroatoms. The van der Waals surface area contributed by atoms with Crippen molar-refractivity contribution < 1.29 is 9.32 Å². The first kappa shape index (κ1) is 15.9. The second kappa shape index (κ2) is 6.37. The second-order valence-electron chi connectivity index (χ2n) is 7.86. The highest BCUT2D eigenvalue weighted by atomic mass is 16.5. The summed E-state index contributed by atoms with van der Waals surface area (Å²) in [6.45, 7) is 4.11. The van der Waals surface area contributed by atoms with Crippen LogP contribution in [0.3, 0.4) is 0 Å². The van der Waals surface area contributed by atoms with E-state index in [1.54, 1.807) is 0 Å². The molecule has 0 saturated heterocycles. The topological polar surface area (TPSA) is 71.3 Å². The van der Waals surface area contributed by atoms with Gasteiger partial charge in [-0.1, -0.05) is 18.0 Å². The van der Waals surface area contributed by atoms with Gasteiger partial charge in [-0.3, -0.25) is 0 Å². The molecule has 0 aliphatic heterocycles. The maximum absolute atomic E-state index is 12.8. The van der Waals surface area contributed by atoms with Gasteiger partial charge in [0, 0.05) is 18.0 Å². The molecular weight excluding hydrogens is 304 g/mol. The minimum absolute atomic E-state index is 0.0185. The lowest BCUT2D eigenvalue weighted by Gasteiger charge is -2.30. The van der Waals surface area contributed by atoms with Crippen molar-refractivity contribution in [1.82, 2.24) is 20.4 Å². The summed E-state index contributed by atoms with van der Waals surface area (Å²) in [5.74, 6) is 2.46. The van der Waals surface area contributed by atoms with Gasteiger partial charge >= 0.3 is 6.03 Å². The van der Waals surface area contributed by atoms with Crippen molar-refractivity contribution in [3.8, 4) is 0 Å². The third kappa shape index (κ3) is 3.28. The zero-order valence-corrected chi connectivity index (χ0v) is 14.7. The lowest BCUT2D eigenvalue weighted by atomic mass is 10.1. The summed E-state index contributed by atoms with van der Waals surface area (Å²) in [4.78, 5) is 19.4. The van der Waals surface area contributed by atoms with Gasteiger partial charge in [0.05, 0.1) is 0 Å². The maximum Gasteiger partial charge on any atom is 0.318 e. The molecule has 0 bridgehead atoms. The SMILES string of the molecule is C[C@@H](NC(=O)N(C1CC1)[C@@H](C)C1CC1)c1nc(C2CCCC2)no1. The number of nitrogens with zero attached hydrogens (tertiary/aromatic N) is 3. The number of rotatable bonds is 6. The van der Waals surface area contributed by atoms with Crippen molar-refractivity contribution in [3.63, 3.8) is 0 Å². The van der Waals surface area contributed by atoms with Crippen LogP contribution in [0.2, 0.25) is 0 Å². The molecule has 1 heterocycles. The Kier molecular flexibility index (Phi) is 4.22. The Balaban J connectivity index is 1.39. The Morgan fingerprint density at radius 1 is 1.17 bits per heavy atom. The molecule has 3 fully saturated rings. The molecule has 1 aromatic heterocycles. The average molecular weight is 332 g/mol. The summed E-state index contributed by atoms with van der Waals surface area (Å²) in [5, 5.41) is 7.22. The number of carbonyl (C=O) groups is 1. The van der Waals surface area contributed by atoms with E-state index in [9.17, 15) is 4.79 Å². The minimum atomic E-state index is -0.243. The molecule has 0 unspecified atom stereocenters. The molecule has 2 atom stereocenters. The molecule has 0 spiro atoms. The van der Waals surface area contributed by atoms with Gasteiger partial charge in [-0.25, -0.2) is 4.79 Å². The van der Waals surface area contributed by atoms with Crippen molar-refractivity contribution in [2.45, 2.75) is 89.3 Å². The average Bonchev–Trinajstić information content (AvgIpc) is 3.46. The van der Waals surface area contributed by atoms with Crippen LogP contribution < -0.4 is 5.32 Å². The van der Waals surface area contributed by atoms with Crippen molar-refractivity contribution >= 4 is 6.03 Å². The van der Waals surface area contributed by atoms with Crippen LogP contribution in [0.4, 0.5) is 4.79 Å². The van der Waals surface area contributed by atoms with Crippen molar-refractivity contribution in [1.29, 1.82) is 0 Å². The van der Waals surface area contributed by atoms with E-state index in [1.165, 1.54) is 25.7 Å². The molecule has 132 valence electrons. The standard InChI is InChI=1S/C18H28N4O2/c1-11(17-20-16(21-24-17)14-5-3-4-6-14)19-18(23)22(15-9-10-15)12(2)13-7-8-13/h11-15H,3-10H2,1-2H3,(H,19,23)/t11-,12+/m1/s1. The predicted molar refractivity (Wildman–Crippen MR) is 89.5 cm³/mol. The molecule has 4 rings (SSSR count). The fourth-order valence-electron chi connectivity index (χ4n) is 3.94. The van der Waals surface area contributed by atoms with Crippen LogP contribution in [0, 0.1) is 5.92 Å². The van der Waals surface area contributed by atoms with E-state index >= 15 is 0 Å². The van der Waals surface area contributed by atoms with Gasteiger partial charge in [0.1, 0.15) is 6.04 Å². The molecule has 0 aromatic carbocycles. The predicted octanol–water partition coefficient (Wildman–Crippen LogP) is 3.76. The molecule has 3 aliphatic rings. The third-order valence-electron chi connectivity index (χ3n) is 5.81. The van der Waals surface area contributed by atoms with Gasteiger partial charge in [0.25, 0.3) is 0 Å². The second-order valence-corrected chi connectivity index (χ2v) is 7.86. The first-order valence-electron chi connectivity index (χ1n) is 9.56. The molecule has 0 radical (unpaired) electrons. The van der Waals surface area contributed by atoms with E-state index in [0.717, 1.165) is 31.5 Å². The molecule has 6 nitrogen and oxygen atoms in total. The Morgan fingerprint density at radius 2 is 1.88 bits per heavy atom. The first-order chi connectivity index (χ1) is 11.6. The molecule has 2 amide bonds. The third-order valence-corrected chi connectivity index (χ3v) is 5.81. The quantitative estimate of drug-likeness (QED) is 0.861. The zero-order valence-electron chi connectivity index (χ0n) is 14.7. The Bertz CT molecular complexity index is 588. The van der Waals surface area contributed by atoms with E-state index < -0.39 is 0 Å². The van der Waals surface area contributed by atoms with Crippen molar-refractivity contribution in [3.05, 3.63) is 11.7 Å². The summed E-state index contributed by atoms with van der Waals surface area (Å²) in [6.07, 6.45) is 9.55. The molecule has 24 heavy (non-hydrogen) atoms. The van der Waals surface area contributed by atoms with Gasteiger partial charge in [-0.05, 0) is 58.3 Å². The van der Waals surface area contributed by atoms with Crippen LogP contribution in [-0.4, -0.2) is 33.2 Å². The van der Waals surface area contributed by atoms with Crippen molar-refractivity contribution in [2.24, 2.45) is 5.92 Å². The highest BCUT2D eigenvalue weighted by Gasteiger charge is 2.42. The summed E-state index contributed by atoms with van der Waals surface area (Å²) >= 11 is 0. The summed E-state index contributed by atoms with van der Waals surface area (Å²) < 4.78 is 5.42. The Hall–Kier alpha value is -1.59. The molecule has 3 aliphatic carbocycles. The fraction of sp³-hybridized carbons (Fsp3) is 0.833. The molecule has 1 aromatic rings. The minimum Gasteiger partial charge on any atom is -0.337 e. The highest BCUT2D eigenvalue weighted by Crippen LogP contribution is 2.40. The Morgan fingerprint density at radius 3 is 2.50 bits per heavy atom. The van der Waals surface area contributed by atoms with Gasteiger partial charge in [0.2, 0.25) is 5.89 Å².